The number of hydrogen-bond acceptors (Lipinski definition) is 6. The van der Waals surface area contributed by atoms with Crippen molar-refractivity contribution in [3.63, 3.8) is 0 Å². The minimum atomic E-state index is -0.130. The van der Waals surface area contributed by atoms with Gasteiger partial charge in [0.2, 0.25) is 5.89 Å². The molecule has 1 atom stereocenters. The van der Waals surface area contributed by atoms with E-state index in [9.17, 15) is 4.79 Å². The summed E-state index contributed by atoms with van der Waals surface area (Å²) in [5.74, 6) is 2.16. The number of fused-ring (bicyclic) bond motifs is 1. The molecule has 0 radical (unpaired) electrons. The quantitative estimate of drug-likeness (QED) is 0.365. The molecule has 0 bridgehead atoms. The van der Waals surface area contributed by atoms with Crippen LogP contribution in [0.15, 0.2) is 40.8 Å². The monoisotopic (exact) mass is 462 g/mol. The molecule has 2 aromatic carbocycles. The molecule has 4 rings (SSSR count). The van der Waals surface area contributed by atoms with Crippen molar-refractivity contribution in [1.29, 1.82) is 0 Å². The topological polar surface area (TPSA) is 64.8 Å². The molecular formula is C28H34N2O4. The van der Waals surface area contributed by atoms with E-state index >= 15 is 0 Å². The predicted octanol–water partition coefficient (Wildman–Crippen LogP) is 5.98. The lowest BCUT2D eigenvalue weighted by Gasteiger charge is -2.16. The van der Waals surface area contributed by atoms with Gasteiger partial charge in [-0.3, -0.25) is 4.79 Å². The van der Waals surface area contributed by atoms with Crippen molar-refractivity contribution in [2.75, 3.05) is 25.6 Å². The smallest absolute Gasteiger partial charge is 0.306 e. The van der Waals surface area contributed by atoms with Gasteiger partial charge in [-0.15, -0.1) is 0 Å². The molecule has 1 unspecified atom stereocenters. The van der Waals surface area contributed by atoms with Crippen LogP contribution in [0.3, 0.4) is 0 Å². The van der Waals surface area contributed by atoms with Gasteiger partial charge in [0.25, 0.3) is 0 Å². The summed E-state index contributed by atoms with van der Waals surface area (Å²) in [6.45, 7) is 6.54. The molecule has 6 heteroatoms. The van der Waals surface area contributed by atoms with Gasteiger partial charge in [-0.25, -0.2) is 4.98 Å². The Morgan fingerprint density at radius 2 is 2.00 bits per heavy atom. The van der Waals surface area contributed by atoms with Crippen LogP contribution in [0.1, 0.15) is 60.4 Å². The molecule has 1 aromatic heterocycles. The summed E-state index contributed by atoms with van der Waals surface area (Å²) in [5.41, 5.74) is 6.54. The highest BCUT2D eigenvalue weighted by Crippen LogP contribution is 2.36. The first kappa shape index (κ1) is 23.9. The lowest BCUT2D eigenvalue weighted by molar-refractivity contribution is -0.149. The first-order valence-corrected chi connectivity index (χ1v) is 12.1. The van der Waals surface area contributed by atoms with Gasteiger partial charge in [0.15, 0.2) is 0 Å². The highest BCUT2D eigenvalue weighted by atomic mass is 16.5. The lowest BCUT2D eigenvalue weighted by atomic mass is 10.1. The summed E-state index contributed by atoms with van der Waals surface area (Å²) < 4.78 is 17.6. The van der Waals surface area contributed by atoms with E-state index in [0.717, 1.165) is 53.3 Å². The van der Waals surface area contributed by atoms with Gasteiger partial charge in [-0.1, -0.05) is 19.1 Å². The summed E-state index contributed by atoms with van der Waals surface area (Å²) in [7, 11) is 4.07. The van der Waals surface area contributed by atoms with E-state index < -0.39 is 0 Å². The number of aryl methyl sites for hydroxylation is 3. The molecule has 34 heavy (non-hydrogen) atoms. The second-order valence-electron chi connectivity index (χ2n) is 9.14. The standard InChI is InChI=1S/C28H34N2O4/c1-6-7-27(31)34-26-13-10-20-16-22(11-12-23(20)26)32-15-14-24-19(3)33-28(29-24)21-9-8-18(2)25(17-21)30(4)5/h8-9,11-12,16-17,26H,6-7,10,13-15H2,1-5H3. The van der Waals surface area contributed by atoms with Crippen molar-refractivity contribution in [3.05, 3.63) is 64.5 Å². The highest BCUT2D eigenvalue weighted by molar-refractivity contribution is 5.70. The van der Waals surface area contributed by atoms with Gasteiger partial charge < -0.3 is 18.8 Å². The maximum atomic E-state index is 11.9. The maximum Gasteiger partial charge on any atom is 0.306 e. The Balaban J connectivity index is 1.37. The molecule has 0 fully saturated rings. The van der Waals surface area contributed by atoms with Crippen molar-refractivity contribution in [2.24, 2.45) is 0 Å². The number of anilines is 1. The average molecular weight is 463 g/mol. The van der Waals surface area contributed by atoms with Gasteiger partial charge in [-0.05, 0) is 74.1 Å². The maximum absolute atomic E-state index is 11.9. The number of ether oxygens (including phenoxy) is 2. The molecule has 3 aromatic rings. The predicted molar refractivity (Wildman–Crippen MR) is 133 cm³/mol. The highest BCUT2D eigenvalue weighted by Gasteiger charge is 2.26. The van der Waals surface area contributed by atoms with Gasteiger partial charge in [-0.2, -0.15) is 0 Å². The third-order valence-electron chi connectivity index (χ3n) is 6.30. The van der Waals surface area contributed by atoms with Crippen LogP contribution in [0, 0.1) is 13.8 Å². The summed E-state index contributed by atoms with van der Waals surface area (Å²) in [5, 5.41) is 0. The molecule has 1 heterocycles. The molecule has 180 valence electrons. The van der Waals surface area contributed by atoms with Crippen LogP contribution in [0.5, 0.6) is 5.75 Å². The number of hydrogen-bond donors (Lipinski definition) is 0. The zero-order valence-electron chi connectivity index (χ0n) is 20.8. The molecular weight excluding hydrogens is 428 g/mol. The van der Waals surface area contributed by atoms with E-state index in [0.29, 0.717) is 25.3 Å². The number of carbonyl (C=O) groups is 1. The fourth-order valence-electron chi connectivity index (χ4n) is 4.46. The largest absolute Gasteiger partial charge is 0.493 e. The van der Waals surface area contributed by atoms with Crippen molar-refractivity contribution < 1.29 is 18.7 Å². The van der Waals surface area contributed by atoms with E-state index in [4.69, 9.17) is 18.9 Å². The van der Waals surface area contributed by atoms with Gasteiger partial charge >= 0.3 is 5.97 Å². The minimum absolute atomic E-state index is 0.119. The number of nitrogens with zero attached hydrogens (tertiary/aromatic N) is 2. The molecule has 0 aliphatic heterocycles. The molecule has 1 aliphatic carbocycles. The Morgan fingerprint density at radius 3 is 2.76 bits per heavy atom. The summed E-state index contributed by atoms with van der Waals surface area (Å²) in [6.07, 6.45) is 3.54. The number of benzene rings is 2. The van der Waals surface area contributed by atoms with E-state index in [1.807, 2.05) is 46.1 Å². The number of aromatic nitrogens is 1. The Hall–Kier alpha value is -3.28. The molecule has 0 amide bonds. The van der Waals surface area contributed by atoms with E-state index in [-0.39, 0.29) is 12.1 Å². The second kappa shape index (κ2) is 10.3. The van der Waals surface area contributed by atoms with Crippen LogP contribution < -0.4 is 9.64 Å². The summed E-state index contributed by atoms with van der Waals surface area (Å²) >= 11 is 0. The number of rotatable bonds is 9. The number of esters is 1. The van der Waals surface area contributed by atoms with Gasteiger partial charge in [0.1, 0.15) is 17.6 Å². The third kappa shape index (κ3) is 5.27. The Kier molecular flexibility index (Phi) is 7.25. The van der Waals surface area contributed by atoms with Crippen molar-refractivity contribution in [3.8, 4) is 17.2 Å². The molecule has 0 saturated heterocycles. The fraction of sp³-hybridized carbons (Fsp3) is 0.429. The average Bonchev–Trinajstić information content (AvgIpc) is 3.37. The summed E-state index contributed by atoms with van der Waals surface area (Å²) in [6, 6.07) is 12.3. The van der Waals surface area contributed by atoms with Gasteiger partial charge in [0, 0.05) is 38.2 Å². The summed E-state index contributed by atoms with van der Waals surface area (Å²) in [4.78, 5) is 18.7. The van der Waals surface area contributed by atoms with Crippen LogP contribution in [0.2, 0.25) is 0 Å². The zero-order valence-corrected chi connectivity index (χ0v) is 20.8. The Bertz CT molecular complexity index is 1170. The Labute approximate surface area is 201 Å². The first-order chi connectivity index (χ1) is 16.4. The molecule has 0 N–H and O–H groups in total. The van der Waals surface area contributed by atoms with Crippen LogP contribution in [0.25, 0.3) is 11.5 Å². The minimum Gasteiger partial charge on any atom is -0.493 e. The van der Waals surface area contributed by atoms with E-state index in [1.165, 1.54) is 11.1 Å². The fourth-order valence-corrected chi connectivity index (χ4v) is 4.46. The third-order valence-corrected chi connectivity index (χ3v) is 6.30. The van der Waals surface area contributed by atoms with Crippen molar-refractivity contribution >= 4 is 11.7 Å². The first-order valence-electron chi connectivity index (χ1n) is 12.1. The Morgan fingerprint density at radius 1 is 1.18 bits per heavy atom. The van der Waals surface area contributed by atoms with Crippen LogP contribution in [-0.4, -0.2) is 31.7 Å². The molecule has 0 saturated carbocycles. The molecule has 1 aliphatic rings. The number of oxazole rings is 1. The van der Waals surface area contributed by atoms with Crippen LogP contribution >= 0.6 is 0 Å². The lowest BCUT2D eigenvalue weighted by Crippen LogP contribution is -2.10. The van der Waals surface area contributed by atoms with Crippen LogP contribution in [-0.2, 0) is 22.4 Å². The van der Waals surface area contributed by atoms with Crippen LogP contribution in [0.4, 0.5) is 5.69 Å². The zero-order chi connectivity index (χ0) is 24.2. The number of carbonyl (C=O) groups excluding carboxylic acids is 1. The second-order valence-corrected chi connectivity index (χ2v) is 9.14. The van der Waals surface area contributed by atoms with Gasteiger partial charge in [0.05, 0.1) is 12.3 Å². The normalized spacial score (nSPS) is 14.7. The SMILES string of the molecule is CCCC(=O)OC1CCc2cc(OCCc3nc(-c4ccc(C)c(N(C)C)c4)oc3C)ccc21. The van der Waals surface area contributed by atoms with Crippen molar-refractivity contribution in [2.45, 2.75) is 59.0 Å². The van der Waals surface area contributed by atoms with Crippen molar-refractivity contribution in [1.82, 2.24) is 4.98 Å². The van der Waals surface area contributed by atoms with E-state index in [2.05, 4.69) is 30.0 Å². The molecule has 6 nitrogen and oxygen atoms in total. The van der Waals surface area contributed by atoms with E-state index in [1.54, 1.807) is 0 Å². The molecule has 0 spiro atoms.